The van der Waals surface area contributed by atoms with E-state index in [9.17, 15) is 9.90 Å². The van der Waals surface area contributed by atoms with Crippen molar-refractivity contribution in [3.8, 4) is 16.9 Å². The van der Waals surface area contributed by atoms with E-state index in [0.717, 1.165) is 31.7 Å². The second-order valence-corrected chi connectivity index (χ2v) is 8.27. The van der Waals surface area contributed by atoms with Crippen LogP contribution in [-0.4, -0.2) is 36.2 Å². The summed E-state index contributed by atoms with van der Waals surface area (Å²) in [5.74, 6) is 0.729. The van der Waals surface area contributed by atoms with E-state index < -0.39 is 0 Å². The van der Waals surface area contributed by atoms with Gasteiger partial charge in [-0.2, -0.15) is 0 Å². The molecule has 5 heteroatoms. The van der Waals surface area contributed by atoms with E-state index in [1.165, 1.54) is 5.69 Å². The first-order valence-corrected chi connectivity index (χ1v) is 11.0. The molecule has 1 saturated heterocycles. The third-order valence-corrected chi connectivity index (χ3v) is 6.25. The van der Waals surface area contributed by atoms with Crippen LogP contribution in [0.25, 0.3) is 22.1 Å². The maximum atomic E-state index is 13.3. The Bertz CT molecular complexity index is 1290. The Balaban J connectivity index is 1.45. The molecule has 1 N–H and O–H groups in total. The van der Waals surface area contributed by atoms with Crippen LogP contribution < -0.4 is 10.3 Å². The highest BCUT2D eigenvalue weighted by atomic mass is 16.3. The van der Waals surface area contributed by atoms with E-state index in [1.54, 1.807) is 12.1 Å². The molecule has 0 bridgehead atoms. The quantitative estimate of drug-likeness (QED) is 0.508. The maximum absolute atomic E-state index is 13.3. The van der Waals surface area contributed by atoms with Crippen LogP contribution in [0, 0.1) is 6.92 Å². The monoisotopic (exact) mass is 426 g/mol. The number of para-hydroxylation sites is 1. The van der Waals surface area contributed by atoms with Crippen LogP contribution in [0.4, 0.5) is 5.69 Å². The minimum atomic E-state index is -0.0647. The van der Waals surface area contributed by atoms with Crippen molar-refractivity contribution in [3.63, 3.8) is 0 Å². The number of fused-ring (bicyclic) bond motifs is 1. The second kappa shape index (κ2) is 8.52. The summed E-state index contributed by atoms with van der Waals surface area (Å²) < 4.78 is 6.17. The van der Waals surface area contributed by atoms with Crippen LogP contribution in [0.15, 0.2) is 82.0 Å². The Kier molecular flexibility index (Phi) is 5.41. The minimum Gasteiger partial charge on any atom is -0.507 e. The number of hydrogen-bond acceptors (Lipinski definition) is 5. The number of piperazine rings is 1. The zero-order valence-electron chi connectivity index (χ0n) is 18.1. The van der Waals surface area contributed by atoms with Gasteiger partial charge in [-0.05, 0) is 36.8 Å². The number of phenolic OH excluding ortho intramolecular Hbond substituents is 1. The molecule has 4 aromatic rings. The first kappa shape index (κ1) is 20.3. The fourth-order valence-electron chi connectivity index (χ4n) is 4.53. The summed E-state index contributed by atoms with van der Waals surface area (Å²) in [6, 6.07) is 23.3. The van der Waals surface area contributed by atoms with Crippen LogP contribution in [-0.2, 0) is 6.54 Å². The summed E-state index contributed by atoms with van der Waals surface area (Å²) in [5, 5.41) is 11.1. The number of nitrogens with zero attached hydrogens (tertiary/aromatic N) is 2. The van der Waals surface area contributed by atoms with Gasteiger partial charge < -0.3 is 14.4 Å². The van der Waals surface area contributed by atoms with E-state index in [1.807, 2.05) is 43.3 Å². The molecule has 1 aromatic heterocycles. The van der Waals surface area contributed by atoms with Gasteiger partial charge >= 0.3 is 0 Å². The maximum Gasteiger partial charge on any atom is 0.200 e. The summed E-state index contributed by atoms with van der Waals surface area (Å²) in [5.41, 5.74) is 3.74. The van der Waals surface area contributed by atoms with Crippen molar-refractivity contribution in [2.75, 3.05) is 31.1 Å². The van der Waals surface area contributed by atoms with Gasteiger partial charge in [0.25, 0.3) is 0 Å². The molecule has 162 valence electrons. The first-order valence-electron chi connectivity index (χ1n) is 11.0. The Morgan fingerprint density at radius 3 is 2.22 bits per heavy atom. The van der Waals surface area contributed by atoms with Crippen LogP contribution >= 0.6 is 0 Å². The van der Waals surface area contributed by atoms with Crippen molar-refractivity contribution in [1.29, 1.82) is 0 Å². The third-order valence-electron chi connectivity index (χ3n) is 6.25. The van der Waals surface area contributed by atoms with Gasteiger partial charge in [0.1, 0.15) is 17.1 Å². The van der Waals surface area contributed by atoms with Crippen molar-refractivity contribution >= 4 is 16.7 Å². The summed E-state index contributed by atoms with van der Waals surface area (Å²) in [4.78, 5) is 18.0. The molecular weight excluding hydrogens is 400 g/mol. The number of benzene rings is 3. The fourth-order valence-corrected chi connectivity index (χ4v) is 4.53. The molecule has 5 nitrogen and oxygen atoms in total. The predicted molar refractivity (Wildman–Crippen MR) is 128 cm³/mol. The molecule has 0 atom stereocenters. The minimum absolute atomic E-state index is 0.0647. The average Bonchev–Trinajstić information content (AvgIpc) is 2.83. The second-order valence-electron chi connectivity index (χ2n) is 8.27. The average molecular weight is 427 g/mol. The van der Waals surface area contributed by atoms with Crippen LogP contribution in [0.2, 0.25) is 0 Å². The molecule has 0 unspecified atom stereocenters. The standard InChI is InChI=1S/C27H26N2O3/c1-19-25(20-8-4-2-5-9-20)26(31)22-12-13-24(30)23(27(22)32-19)18-28-14-16-29(17-15-28)21-10-6-3-7-11-21/h2-13,30H,14-18H2,1H3. The number of aryl methyl sites for hydroxylation is 1. The van der Waals surface area contributed by atoms with Crippen LogP contribution in [0.3, 0.4) is 0 Å². The van der Waals surface area contributed by atoms with Gasteiger partial charge in [0.15, 0.2) is 0 Å². The molecule has 0 radical (unpaired) electrons. The zero-order valence-corrected chi connectivity index (χ0v) is 18.1. The van der Waals surface area contributed by atoms with Gasteiger partial charge in [0, 0.05) is 38.4 Å². The Morgan fingerprint density at radius 2 is 1.53 bits per heavy atom. The van der Waals surface area contributed by atoms with E-state index in [0.29, 0.717) is 34.4 Å². The molecule has 0 saturated carbocycles. The van der Waals surface area contributed by atoms with Crippen molar-refractivity contribution in [3.05, 3.63) is 94.3 Å². The molecule has 1 fully saturated rings. The summed E-state index contributed by atoms with van der Waals surface area (Å²) >= 11 is 0. The largest absolute Gasteiger partial charge is 0.507 e. The van der Waals surface area contributed by atoms with Gasteiger partial charge in [-0.25, -0.2) is 0 Å². The molecule has 0 amide bonds. The number of rotatable bonds is 4. The normalized spacial score (nSPS) is 14.7. The smallest absolute Gasteiger partial charge is 0.200 e. The number of hydrogen-bond donors (Lipinski definition) is 1. The number of anilines is 1. The van der Waals surface area contributed by atoms with Crippen molar-refractivity contribution in [2.24, 2.45) is 0 Å². The molecule has 1 aliphatic rings. The van der Waals surface area contributed by atoms with Crippen LogP contribution in [0.1, 0.15) is 11.3 Å². The van der Waals surface area contributed by atoms with Gasteiger partial charge in [-0.3, -0.25) is 9.69 Å². The summed E-state index contributed by atoms with van der Waals surface area (Å²) in [7, 11) is 0. The van der Waals surface area contributed by atoms with Crippen LogP contribution in [0.5, 0.6) is 5.75 Å². The lowest BCUT2D eigenvalue weighted by atomic mass is 10.0. The Morgan fingerprint density at radius 1 is 0.875 bits per heavy atom. The summed E-state index contributed by atoms with van der Waals surface area (Å²) in [6.07, 6.45) is 0. The molecular formula is C27H26N2O3. The van der Waals surface area contributed by atoms with Crippen molar-refractivity contribution in [2.45, 2.75) is 13.5 Å². The van der Waals surface area contributed by atoms with Crippen molar-refractivity contribution in [1.82, 2.24) is 4.90 Å². The molecule has 0 spiro atoms. The van der Waals surface area contributed by atoms with E-state index >= 15 is 0 Å². The highest BCUT2D eigenvalue weighted by molar-refractivity contribution is 5.86. The lowest BCUT2D eigenvalue weighted by Gasteiger charge is -2.36. The van der Waals surface area contributed by atoms with Gasteiger partial charge in [-0.1, -0.05) is 48.5 Å². The Labute approximate surface area is 187 Å². The first-order chi connectivity index (χ1) is 15.6. The number of aromatic hydroxyl groups is 1. The van der Waals surface area contributed by atoms with Gasteiger partial charge in [-0.15, -0.1) is 0 Å². The highest BCUT2D eigenvalue weighted by Gasteiger charge is 2.22. The highest BCUT2D eigenvalue weighted by Crippen LogP contribution is 2.31. The lowest BCUT2D eigenvalue weighted by molar-refractivity contribution is 0.246. The SMILES string of the molecule is Cc1oc2c(CN3CCN(c4ccccc4)CC3)c(O)ccc2c(=O)c1-c1ccccc1. The van der Waals surface area contributed by atoms with E-state index in [2.05, 4.69) is 34.1 Å². The lowest BCUT2D eigenvalue weighted by Crippen LogP contribution is -2.46. The molecule has 3 aromatic carbocycles. The molecule has 0 aliphatic carbocycles. The summed E-state index contributed by atoms with van der Waals surface area (Å²) in [6.45, 7) is 5.92. The van der Waals surface area contributed by atoms with Gasteiger partial charge in [0.2, 0.25) is 5.43 Å². The fraction of sp³-hybridized carbons (Fsp3) is 0.222. The van der Waals surface area contributed by atoms with E-state index in [4.69, 9.17) is 4.42 Å². The van der Waals surface area contributed by atoms with E-state index in [-0.39, 0.29) is 11.2 Å². The van der Waals surface area contributed by atoms with Gasteiger partial charge in [0.05, 0.1) is 16.5 Å². The Hall–Kier alpha value is -3.57. The molecule has 32 heavy (non-hydrogen) atoms. The molecule has 2 heterocycles. The number of phenols is 1. The molecule has 1 aliphatic heterocycles. The topological polar surface area (TPSA) is 56.9 Å². The van der Waals surface area contributed by atoms with Crippen molar-refractivity contribution < 1.29 is 9.52 Å². The molecule has 5 rings (SSSR count). The zero-order chi connectivity index (χ0) is 22.1. The predicted octanol–water partition coefficient (Wildman–Crippen LogP) is 4.80. The third kappa shape index (κ3) is 3.76.